The van der Waals surface area contributed by atoms with E-state index in [9.17, 15) is 13.6 Å². The summed E-state index contributed by atoms with van der Waals surface area (Å²) in [6, 6.07) is 3.06. The predicted molar refractivity (Wildman–Crippen MR) is 77.6 cm³/mol. The summed E-state index contributed by atoms with van der Waals surface area (Å²) in [6.07, 6.45) is 3.17. The highest BCUT2D eigenvalue weighted by molar-refractivity contribution is 5.77. The number of amides is 1. The molecule has 2 saturated heterocycles. The highest BCUT2D eigenvalue weighted by Gasteiger charge is 2.38. The lowest BCUT2D eigenvalue weighted by molar-refractivity contribution is -0.135. The van der Waals surface area contributed by atoms with E-state index in [2.05, 4.69) is 5.32 Å². The molecule has 0 bridgehead atoms. The smallest absolute Gasteiger partial charge is 0.260 e. The summed E-state index contributed by atoms with van der Waals surface area (Å²) in [5.74, 6) is -1.70. The van der Waals surface area contributed by atoms with Crippen LogP contribution in [0.4, 0.5) is 8.78 Å². The third kappa shape index (κ3) is 3.21. The number of hydrogen-bond donors (Lipinski definition) is 1. The first kappa shape index (κ1) is 15.2. The zero-order chi connectivity index (χ0) is 15.6. The molecule has 0 radical (unpaired) electrons. The van der Waals surface area contributed by atoms with Gasteiger partial charge in [0.1, 0.15) is 5.82 Å². The van der Waals surface area contributed by atoms with E-state index in [1.165, 1.54) is 12.5 Å². The van der Waals surface area contributed by atoms with Crippen molar-refractivity contribution in [1.29, 1.82) is 0 Å². The SMILES string of the molecule is O=C(COc1ccc(F)cc1F)N1CCC2(CCNC2)CC1. The van der Waals surface area contributed by atoms with Gasteiger partial charge in [0.25, 0.3) is 5.91 Å². The number of benzene rings is 1. The summed E-state index contributed by atoms with van der Waals surface area (Å²) in [5, 5.41) is 3.38. The van der Waals surface area contributed by atoms with E-state index in [0.717, 1.165) is 51.2 Å². The number of likely N-dealkylation sites (tertiary alicyclic amines) is 1. The quantitative estimate of drug-likeness (QED) is 0.928. The van der Waals surface area contributed by atoms with Gasteiger partial charge in [0.2, 0.25) is 0 Å². The minimum absolute atomic E-state index is 0.0942. The molecule has 2 aliphatic rings. The van der Waals surface area contributed by atoms with E-state index in [1.807, 2.05) is 0 Å². The molecule has 4 nitrogen and oxygen atoms in total. The van der Waals surface area contributed by atoms with E-state index in [4.69, 9.17) is 4.74 Å². The zero-order valence-corrected chi connectivity index (χ0v) is 12.4. The molecule has 1 amide bonds. The fourth-order valence-electron chi connectivity index (χ4n) is 3.28. The van der Waals surface area contributed by atoms with Gasteiger partial charge in [-0.05, 0) is 43.4 Å². The lowest BCUT2D eigenvalue weighted by atomic mass is 9.78. The highest BCUT2D eigenvalue weighted by atomic mass is 19.1. The van der Waals surface area contributed by atoms with Crippen LogP contribution in [0.2, 0.25) is 0 Å². The second kappa shape index (κ2) is 6.20. The number of piperidine rings is 1. The topological polar surface area (TPSA) is 41.6 Å². The number of nitrogens with one attached hydrogen (secondary N) is 1. The standard InChI is InChI=1S/C16H20F2N2O2/c17-12-1-2-14(13(18)9-12)22-10-15(21)20-7-4-16(5-8-20)3-6-19-11-16/h1-2,9,19H,3-8,10-11H2. The average Bonchev–Trinajstić information content (AvgIpc) is 2.95. The molecule has 2 heterocycles. The molecule has 0 unspecified atom stereocenters. The largest absolute Gasteiger partial charge is 0.481 e. The van der Waals surface area contributed by atoms with Crippen LogP contribution in [-0.2, 0) is 4.79 Å². The Balaban J connectivity index is 1.50. The third-order valence-electron chi connectivity index (χ3n) is 4.75. The number of ether oxygens (including phenoxy) is 1. The minimum Gasteiger partial charge on any atom is -0.481 e. The van der Waals surface area contributed by atoms with Crippen LogP contribution in [0.25, 0.3) is 0 Å². The van der Waals surface area contributed by atoms with E-state index >= 15 is 0 Å². The molecule has 0 atom stereocenters. The fraction of sp³-hybridized carbons (Fsp3) is 0.562. The van der Waals surface area contributed by atoms with Crippen molar-refractivity contribution in [2.45, 2.75) is 19.3 Å². The van der Waals surface area contributed by atoms with Crippen LogP contribution in [0.5, 0.6) is 5.75 Å². The van der Waals surface area contributed by atoms with Gasteiger partial charge in [-0.25, -0.2) is 8.78 Å². The second-order valence-corrected chi connectivity index (χ2v) is 6.17. The molecule has 0 aliphatic carbocycles. The fourth-order valence-corrected chi connectivity index (χ4v) is 3.28. The number of nitrogens with zero attached hydrogens (tertiary/aromatic N) is 1. The van der Waals surface area contributed by atoms with Crippen LogP contribution in [0.1, 0.15) is 19.3 Å². The Bertz CT molecular complexity index is 549. The minimum atomic E-state index is -0.789. The van der Waals surface area contributed by atoms with Crippen molar-refractivity contribution >= 4 is 5.91 Å². The number of rotatable bonds is 3. The van der Waals surface area contributed by atoms with Gasteiger partial charge in [-0.1, -0.05) is 0 Å². The molecule has 1 N–H and O–H groups in total. The van der Waals surface area contributed by atoms with Crippen LogP contribution >= 0.6 is 0 Å². The Morgan fingerprint density at radius 3 is 2.68 bits per heavy atom. The van der Waals surface area contributed by atoms with Gasteiger partial charge < -0.3 is 15.0 Å². The Morgan fingerprint density at radius 1 is 1.27 bits per heavy atom. The molecule has 0 aromatic heterocycles. The summed E-state index contributed by atoms with van der Waals surface area (Å²) in [5.41, 5.74) is 0.348. The molecule has 22 heavy (non-hydrogen) atoms. The maximum absolute atomic E-state index is 13.4. The van der Waals surface area contributed by atoms with Crippen molar-refractivity contribution < 1.29 is 18.3 Å². The van der Waals surface area contributed by atoms with Crippen LogP contribution in [0.3, 0.4) is 0 Å². The molecule has 1 spiro atoms. The van der Waals surface area contributed by atoms with E-state index < -0.39 is 11.6 Å². The number of carbonyl (C=O) groups excluding carboxylic acids is 1. The van der Waals surface area contributed by atoms with Crippen molar-refractivity contribution in [3.05, 3.63) is 29.8 Å². The molecule has 2 fully saturated rings. The first-order valence-corrected chi connectivity index (χ1v) is 7.64. The second-order valence-electron chi connectivity index (χ2n) is 6.17. The van der Waals surface area contributed by atoms with Crippen molar-refractivity contribution in [2.24, 2.45) is 5.41 Å². The zero-order valence-electron chi connectivity index (χ0n) is 12.4. The molecule has 0 saturated carbocycles. The molecule has 1 aromatic carbocycles. The lowest BCUT2D eigenvalue weighted by Crippen LogP contribution is -2.45. The molecule has 6 heteroatoms. The van der Waals surface area contributed by atoms with Gasteiger partial charge >= 0.3 is 0 Å². The monoisotopic (exact) mass is 310 g/mol. The van der Waals surface area contributed by atoms with Crippen molar-refractivity contribution in [3.63, 3.8) is 0 Å². The number of halogens is 2. The third-order valence-corrected chi connectivity index (χ3v) is 4.75. The Kier molecular flexibility index (Phi) is 4.29. The van der Waals surface area contributed by atoms with Crippen LogP contribution in [-0.4, -0.2) is 43.6 Å². The van der Waals surface area contributed by atoms with Gasteiger partial charge in [0.15, 0.2) is 18.2 Å². The predicted octanol–water partition coefficient (Wildman–Crippen LogP) is 1.95. The molecular weight excluding hydrogens is 290 g/mol. The van der Waals surface area contributed by atoms with Crippen molar-refractivity contribution in [2.75, 3.05) is 32.8 Å². The average molecular weight is 310 g/mol. The maximum Gasteiger partial charge on any atom is 0.260 e. The lowest BCUT2D eigenvalue weighted by Gasteiger charge is -2.38. The summed E-state index contributed by atoms with van der Waals surface area (Å²) in [6.45, 7) is 3.31. The Hall–Kier alpha value is -1.69. The molecule has 120 valence electrons. The molecule has 1 aromatic rings. The maximum atomic E-state index is 13.4. The normalized spacial score (nSPS) is 20.4. The Morgan fingerprint density at radius 2 is 2.05 bits per heavy atom. The number of hydrogen-bond acceptors (Lipinski definition) is 3. The van der Waals surface area contributed by atoms with Crippen LogP contribution < -0.4 is 10.1 Å². The van der Waals surface area contributed by atoms with Gasteiger partial charge in [-0.2, -0.15) is 0 Å². The molecule has 2 aliphatic heterocycles. The van der Waals surface area contributed by atoms with Crippen molar-refractivity contribution in [3.8, 4) is 5.75 Å². The van der Waals surface area contributed by atoms with Gasteiger partial charge in [0, 0.05) is 25.7 Å². The summed E-state index contributed by atoms with van der Waals surface area (Å²) >= 11 is 0. The van der Waals surface area contributed by atoms with Gasteiger partial charge in [-0.3, -0.25) is 4.79 Å². The van der Waals surface area contributed by atoms with E-state index in [-0.39, 0.29) is 18.3 Å². The van der Waals surface area contributed by atoms with Crippen LogP contribution in [0, 0.1) is 17.0 Å². The Labute approximate surface area is 128 Å². The van der Waals surface area contributed by atoms with Crippen LogP contribution in [0.15, 0.2) is 18.2 Å². The summed E-state index contributed by atoms with van der Waals surface area (Å²) < 4.78 is 31.4. The molecule has 3 rings (SSSR count). The van der Waals surface area contributed by atoms with Gasteiger partial charge in [-0.15, -0.1) is 0 Å². The molecular formula is C16H20F2N2O2. The highest BCUT2D eigenvalue weighted by Crippen LogP contribution is 2.36. The van der Waals surface area contributed by atoms with Gasteiger partial charge in [0.05, 0.1) is 0 Å². The first-order valence-electron chi connectivity index (χ1n) is 7.64. The van der Waals surface area contributed by atoms with E-state index in [0.29, 0.717) is 5.41 Å². The first-order chi connectivity index (χ1) is 10.6. The van der Waals surface area contributed by atoms with E-state index in [1.54, 1.807) is 4.90 Å². The number of carbonyl (C=O) groups is 1. The summed E-state index contributed by atoms with van der Waals surface area (Å²) in [4.78, 5) is 13.9. The van der Waals surface area contributed by atoms with Crippen molar-refractivity contribution in [1.82, 2.24) is 10.2 Å². The summed E-state index contributed by atoms with van der Waals surface area (Å²) in [7, 11) is 0.